The highest BCUT2D eigenvalue weighted by molar-refractivity contribution is 6.30. The number of halogens is 1. The van der Waals surface area contributed by atoms with Crippen molar-refractivity contribution < 1.29 is 0 Å². The number of amidine groups is 1. The summed E-state index contributed by atoms with van der Waals surface area (Å²) >= 11 is 5.79. The van der Waals surface area contributed by atoms with Gasteiger partial charge in [-0.15, -0.1) is 0 Å². The highest BCUT2D eigenvalue weighted by Gasteiger charge is 2.12. The Morgan fingerprint density at radius 2 is 2.31 bits per heavy atom. The van der Waals surface area contributed by atoms with Gasteiger partial charge in [-0.2, -0.15) is 5.10 Å². The van der Waals surface area contributed by atoms with E-state index in [1.807, 2.05) is 6.92 Å². The van der Waals surface area contributed by atoms with E-state index in [4.69, 9.17) is 22.7 Å². The van der Waals surface area contributed by atoms with Gasteiger partial charge in [-0.25, -0.2) is 9.67 Å². The number of pyridine rings is 1. The molecule has 0 bridgehead atoms. The van der Waals surface area contributed by atoms with Crippen molar-refractivity contribution in [2.24, 2.45) is 5.73 Å². The van der Waals surface area contributed by atoms with Crippen molar-refractivity contribution in [3.8, 4) is 5.82 Å². The van der Waals surface area contributed by atoms with Gasteiger partial charge in [0.2, 0.25) is 0 Å². The van der Waals surface area contributed by atoms with Crippen LogP contribution in [0.25, 0.3) is 5.82 Å². The van der Waals surface area contributed by atoms with Gasteiger partial charge in [0.25, 0.3) is 0 Å². The highest BCUT2D eigenvalue weighted by Crippen LogP contribution is 2.16. The number of aryl methyl sites for hydroxylation is 1. The van der Waals surface area contributed by atoms with Gasteiger partial charge in [-0.05, 0) is 18.6 Å². The third-order valence-corrected chi connectivity index (χ3v) is 2.37. The molecule has 0 fully saturated rings. The number of nitrogens with two attached hydrogens (primary N) is 1. The molecule has 0 radical (unpaired) electrons. The van der Waals surface area contributed by atoms with Crippen LogP contribution in [0.4, 0.5) is 0 Å². The van der Waals surface area contributed by atoms with E-state index < -0.39 is 0 Å². The Kier molecular flexibility index (Phi) is 2.62. The average molecular weight is 236 g/mol. The fraction of sp³-hybridized carbons (Fsp3) is 0.100. The first-order valence-electron chi connectivity index (χ1n) is 4.60. The van der Waals surface area contributed by atoms with Crippen LogP contribution in [0.3, 0.4) is 0 Å². The van der Waals surface area contributed by atoms with Crippen LogP contribution in [-0.2, 0) is 0 Å². The summed E-state index contributed by atoms with van der Waals surface area (Å²) in [6, 6.07) is 1.80. The summed E-state index contributed by atoms with van der Waals surface area (Å²) < 4.78 is 1.51. The molecule has 0 saturated heterocycles. The van der Waals surface area contributed by atoms with E-state index in [0.29, 0.717) is 16.4 Å². The highest BCUT2D eigenvalue weighted by atomic mass is 35.5. The molecule has 2 rings (SSSR count). The predicted molar refractivity (Wildman–Crippen MR) is 62.1 cm³/mol. The summed E-state index contributed by atoms with van der Waals surface area (Å²) in [6.45, 7) is 1.87. The maximum absolute atomic E-state index is 7.54. The molecule has 82 valence electrons. The average Bonchev–Trinajstić information content (AvgIpc) is 2.63. The summed E-state index contributed by atoms with van der Waals surface area (Å²) in [7, 11) is 0. The second-order valence-corrected chi connectivity index (χ2v) is 3.78. The van der Waals surface area contributed by atoms with Crippen molar-refractivity contribution in [2.45, 2.75) is 6.92 Å². The fourth-order valence-corrected chi connectivity index (χ4v) is 1.60. The number of nitrogen functional groups attached to an aromatic ring is 1. The van der Waals surface area contributed by atoms with E-state index in [1.165, 1.54) is 10.9 Å². The molecule has 6 heteroatoms. The minimum absolute atomic E-state index is 0.0350. The van der Waals surface area contributed by atoms with Crippen molar-refractivity contribution in [2.75, 3.05) is 0 Å². The van der Waals surface area contributed by atoms with Crippen molar-refractivity contribution in [1.82, 2.24) is 14.8 Å². The van der Waals surface area contributed by atoms with Crippen LogP contribution < -0.4 is 5.73 Å². The number of hydrogen-bond acceptors (Lipinski definition) is 3. The third-order valence-electron chi connectivity index (χ3n) is 2.18. The number of hydrogen-bond donors (Lipinski definition) is 2. The van der Waals surface area contributed by atoms with E-state index in [0.717, 1.165) is 5.56 Å². The van der Waals surface area contributed by atoms with E-state index >= 15 is 0 Å². The lowest BCUT2D eigenvalue weighted by Crippen LogP contribution is -2.17. The minimum atomic E-state index is -0.0350. The van der Waals surface area contributed by atoms with Gasteiger partial charge >= 0.3 is 0 Å². The van der Waals surface area contributed by atoms with Crippen molar-refractivity contribution in [3.05, 3.63) is 40.8 Å². The molecule has 0 unspecified atom stereocenters. The second kappa shape index (κ2) is 3.94. The van der Waals surface area contributed by atoms with E-state index in [1.54, 1.807) is 18.5 Å². The standard InChI is InChI=1S/C10H10ClN5/c1-6-2-3-14-10(8(6)9(12)13)16-5-7(11)4-15-16/h2-5H,1H3,(H3,12,13). The molecular formula is C10H10ClN5. The lowest BCUT2D eigenvalue weighted by atomic mass is 10.1. The normalized spacial score (nSPS) is 10.4. The van der Waals surface area contributed by atoms with Crippen LogP contribution in [0, 0.1) is 12.3 Å². The maximum Gasteiger partial charge on any atom is 0.164 e. The molecule has 0 spiro atoms. The van der Waals surface area contributed by atoms with Crippen LogP contribution in [0.2, 0.25) is 5.02 Å². The molecule has 2 aromatic rings. The van der Waals surface area contributed by atoms with Crippen LogP contribution in [0.15, 0.2) is 24.7 Å². The molecule has 2 aromatic heterocycles. The Bertz CT molecular complexity index is 546. The van der Waals surface area contributed by atoms with Gasteiger partial charge in [0.15, 0.2) is 5.82 Å². The quantitative estimate of drug-likeness (QED) is 0.612. The first-order chi connectivity index (χ1) is 7.59. The van der Waals surface area contributed by atoms with Crippen molar-refractivity contribution >= 4 is 17.4 Å². The molecule has 3 N–H and O–H groups in total. The Morgan fingerprint density at radius 3 is 2.88 bits per heavy atom. The van der Waals surface area contributed by atoms with Gasteiger partial charge < -0.3 is 5.73 Å². The molecule has 0 aliphatic rings. The van der Waals surface area contributed by atoms with Gasteiger partial charge in [0.05, 0.1) is 23.0 Å². The van der Waals surface area contributed by atoms with Crippen LogP contribution >= 0.6 is 11.6 Å². The van der Waals surface area contributed by atoms with E-state index in [9.17, 15) is 0 Å². The van der Waals surface area contributed by atoms with Crippen molar-refractivity contribution in [1.29, 1.82) is 5.41 Å². The lowest BCUT2D eigenvalue weighted by Gasteiger charge is -2.09. The first kappa shape index (κ1) is 10.6. The Hall–Kier alpha value is -1.88. The molecule has 0 amide bonds. The number of rotatable bonds is 2. The van der Waals surface area contributed by atoms with Gasteiger partial charge in [0, 0.05) is 6.20 Å². The Morgan fingerprint density at radius 1 is 1.56 bits per heavy atom. The van der Waals surface area contributed by atoms with Crippen molar-refractivity contribution in [3.63, 3.8) is 0 Å². The summed E-state index contributed by atoms with van der Waals surface area (Å²) in [4.78, 5) is 4.17. The molecular weight excluding hydrogens is 226 g/mol. The summed E-state index contributed by atoms with van der Waals surface area (Å²) in [5.74, 6) is 0.478. The zero-order chi connectivity index (χ0) is 11.7. The minimum Gasteiger partial charge on any atom is -0.384 e. The molecule has 0 aliphatic heterocycles. The molecule has 2 heterocycles. The smallest absolute Gasteiger partial charge is 0.164 e. The van der Waals surface area contributed by atoms with Gasteiger partial charge in [0.1, 0.15) is 5.84 Å². The van der Waals surface area contributed by atoms with Crippen LogP contribution in [0.5, 0.6) is 0 Å². The zero-order valence-electron chi connectivity index (χ0n) is 8.61. The third kappa shape index (κ3) is 1.77. The van der Waals surface area contributed by atoms with Gasteiger partial charge in [-0.3, -0.25) is 5.41 Å². The van der Waals surface area contributed by atoms with Crippen LogP contribution in [0.1, 0.15) is 11.1 Å². The zero-order valence-corrected chi connectivity index (χ0v) is 9.36. The first-order valence-corrected chi connectivity index (χ1v) is 4.98. The summed E-state index contributed by atoms with van der Waals surface area (Å²) in [6.07, 6.45) is 4.78. The molecule has 0 aromatic carbocycles. The summed E-state index contributed by atoms with van der Waals surface area (Å²) in [5, 5.41) is 12.1. The molecule has 16 heavy (non-hydrogen) atoms. The Balaban J connectivity index is 2.65. The topological polar surface area (TPSA) is 80.6 Å². The predicted octanol–water partition coefficient (Wildman–Crippen LogP) is 1.51. The molecule has 0 saturated carbocycles. The molecule has 0 atom stereocenters. The molecule has 5 nitrogen and oxygen atoms in total. The second-order valence-electron chi connectivity index (χ2n) is 3.34. The number of nitrogens with zero attached hydrogens (tertiary/aromatic N) is 3. The van der Waals surface area contributed by atoms with E-state index in [2.05, 4.69) is 10.1 Å². The number of nitrogens with one attached hydrogen (secondary N) is 1. The summed E-state index contributed by atoms with van der Waals surface area (Å²) in [5.41, 5.74) is 6.98. The fourth-order valence-electron chi connectivity index (χ4n) is 1.47. The van der Waals surface area contributed by atoms with E-state index in [-0.39, 0.29) is 5.84 Å². The molecule has 0 aliphatic carbocycles. The maximum atomic E-state index is 7.54. The Labute approximate surface area is 97.4 Å². The van der Waals surface area contributed by atoms with Crippen LogP contribution in [-0.4, -0.2) is 20.6 Å². The lowest BCUT2D eigenvalue weighted by molar-refractivity contribution is 0.841. The van der Waals surface area contributed by atoms with Gasteiger partial charge in [-0.1, -0.05) is 11.6 Å². The SMILES string of the molecule is Cc1ccnc(-n2cc(Cl)cn2)c1C(=N)N. The largest absolute Gasteiger partial charge is 0.384 e. The number of aromatic nitrogens is 3. The monoisotopic (exact) mass is 235 g/mol.